The molecule has 0 atom stereocenters. The fourth-order valence-electron chi connectivity index (χ4n) is 0.563. The Morgan fingerprint density at radius 2 is 1.88 bits per heavy atom. The quantitative estimate of drug-likeness (QED) is 0.622. The number of aryl methyl sites for hydroxylation is 1. The molecule has 0 spiro atoms. The monoisotopic (exact) mass is 300 g/mol. The zero-order chi connectivity index (χ0) is 5.98. The molecule has 2 radical (unpaired) electrons. The SMILES string of the molecule is Cc1cccc[c]1[Bi]. The van der Waals surface area contributed by atoms with Crippen LogP contribution in [0.15, 0.2) is 24.3 Å². The van der Waals surface area contributed by atoms with E-state index in [1.54, 1.807) is 0 Å². The van der Waals surface area contributed by atoms with Gasteiger partial charge in [-0.15, -0.1) is 0 Å². The molecule has 0 aromatic heterocycles. The normalized spacial score (nSPS) is 9.25. The molecule has 0 nitrogen and oxygen atoms in total. The molecule has 0 unspecified atom stereocenters. The first kappa shape index (κ1) is 6.23. The van der Waals surface area contributed by atoms with Gasteiger partial charge in [-0.3, -0.25) is 0 Å². The van der Waals surface area contributed by atoms with Crippen molar-refractivity contribution in [3.05, 3.63) is 29.8 Å². The molecule has 0 amide bonds. The number of hydrogen-bond acceptors (Lipinski definition) is 0. The van der Waals surface area contributed by atoms with Gasteiger partial charge in [-0.2, -0.15) is 0 Å². The summed E-state index contributed by atoms with van der Waals surface area (Å²) < 4.78 is 1.48. The van der Waals surface area contributed by atoms with Crippen molar-refractivity contribution in [3.8, 4) is 0 Å². The van der Waals surface area contributed by atoms with Gasteiger partial charge in [0.05, 0.1) is 0 Å². The molecule has 40 valence electrons. The van der Waals surface area contributed by atoms with Crippen molar-refractivity contribution in [1.29, 1.82) is 0 Å². The first-order valence-electron chi connectivity index (χ1n) is 2.55. The molecule has 8 heavy (non-hydrogen) atoms. The Morgan fingerprint density at radius 3 is 2.25 bits per heavy atom. The molecule has 1 aromatic rings. The van der Waals surface area contributed by atoms with Crippen molar-refractivity contribution in [2.45, 2.75) is 6.92 Å². The van der Waals surface area contributed by atoms with E-state index in [1.807, 2.05) is 0 Å². The van der Waals surface area contributed by atoms with Crippen LogP contribution in [0.4, 0.5) is 0 Å². The predicted molar refractivity (Wildman–Crippen MR) is 36.6 cm³/mol. The minimum atomic E-state index is 1.36. The van der Waals surface area contributed by atoms with E-state index in [-0.39, 0.29) is 0 Å². The van der Waals surface area contributed by atoms with Gasteiger partial charge in [0.15, 0.2) is 0 Å². The third-order valence-electron chi connectivity index (χ3n) is 1.12. The number of benzene rings is 1. The van der Waals surface area contributed by atoms with E-state index in [4.69, 9.17) is 0 Å². The fraction of sp³-hybridized carbons (Fsp3) is 0.143. The van der Waals surface area contributed by atoms with Gasteiger partial charge in [0.2, 0.25) is 0 Å². The summed E-state index contributed by atoms with van der Waals surface area (Å²) in [6, 6.07) is 8.48. The number of rotatable bonds is 0. The molecule has 0 N–H and O–H groups in total. The molecule has 0 bridgehead atoms. The first-order valence-corrected chi connectivity index (χ1v) is 4.29. The van der Waals surface area contributed by atoms with Crippen LogP contribution in [0, 0.1) is 6.92 Å². The Hall–Kier alpha value is 0.103. The molecule has 1 heteroatoms. The molecule has 0 fully saturated rings. The van der Waals surface area contributed by atoms with Crippen LogP contribution in [0.5, 0.6) is 0 Å². The fourth-order valence-corrected chi connectivity index (χ4v) is 1.19. The molecule has 0 saturated heterocycles. The third-order valence-corrected chi connectivity index (χ3v) is 3.07. The first-order chi connectivity index (χ1) is 3.80. The van der Waals surface area contributed by atoms with E-state index < -0.39 is 0 Å². The van der Waals surface area contributed by atoms with Gasteiger partial charge in [0, 0.05) is 0 Å². The Bertz CT molecular complexity index is 160. The summed E-state index contributed by atoms with van der Waals surface area (Å²) in [6.45, 7) is 2.15. The van der Waals surface area contributed by atoms with Gasteiger partial charge in [0.1, 0.15) is 0 Å². The summed E-state index contributed by atoms with van der Waals surface area (Å²) in [5.41, 5.74) is 1.42. The van der Waals surface area contributed by atoms with E-state index >= 15 is 0 Å². The van der Waals surface area contributed by atoms with Crippen molar-refractivity contribution in [2.24, 2.45) is 0 Å². The van der Waals surface area contributed by atoms with Crippen molar-refractivity contribution >= 4 is 28.0 Å². The minimum absolute atomic E-state index is 1.36. The topological polar surface area (TPSA) is 0 Å². The average Bonchev–Trinajstić information content (AvgIpc) is 1.77. The Balaban J connectivity index is 3.13. The van der Waals surface area contributed by atoms with E-state index in [2.05, 4.69) is 31.2 Å². The second kappa shape index (κ2) is 2.59. The molecule has 0 aliphatic heterocycles. The van der Waals surface area contributed by atoms with Crippen LogP contribution in [0.3, 0.4) is 0 Å². The van der Waals surface area contributed by atoms with Gasteiger partial charge >= 0.3 is 64.7 Å². The molecule has 1 aromatic carbocycles. The summed E-state index contributed by atoms with van der Waals surface area (Å²) in [4.78, 5) is 0. The van der Waals surface area contributed by atoms with E-state index in [9.17, 15) is 0 Å². The van der Waals surface area contributed by atoms with E-state index in [0.717, 1.165) is 0 Å². The molecule has 1 rings (SSSR count). The zero-order valence-electron chi connectivity index (χ0n) is 4.76. The Kier molecular flexibility index (Phi) is 2.02. The van der Waals surface area contributed by atoms with Crippen LogP contribution >= 0.6 is 0 Å². The van der Waals surface area contributed by atoms with Crippen molar-refractivity contribution in [3.63, 3.8) is 0 Å². The van der Waals surface area contributed by atoms with Crippen molar-refractivity contribution in [1.82, 2.24) is 0 Å². The molecule has 0 aliphatic carbocycles. The van der Waals surface area contributed by atoms with Crippen LogP contribution in [-0.4, -0.2) is 24.7 Å². The second-order valence-corrected chi connectivity index (χ2v) is 3.66. The zero-order valence-corrected chi connectivity index (χ0v) is 8.23. The third kappa shape index (κ3) is 1.29. The summed E-state index contributed by atoms with van der Waals surface area (Å²) in [7, 11) is 0. The standard InChI is InChI=1S/C7H7.Bi/c1-7-5-3-2-4-6-7;/h2-5H,1H3;. The number of hydrogen-bond donors (Lipinski definition) is 0. The van der Waals surface area contributed by atoms with Crippen molar-refractivity contribution < 1.29 is 0 Å². The van der Waals surface area contributed by atoms with E-state index in [1.165, 1.54) is 33.6 Å². The van der Waals surface area contributed by atoms with Crippen LogP contribution in [0.25, 0.3) is 0 Å². The van der Waals surface area contributed by atoms with Crippen molar-refractivity contribution in [2.75, 3.05) is 0 Å². The predicted octanol–water partition coefficient (Wildman–Crippen LogP) is 0.789. The molecule has 0 aliphatic rings. The maximum atomic E-state index is 2.17. The summed E-state index contributed by atoms with van der Waals surface area (Å²) in [5, 5.41) is 0. The van der Waals surface area contributed by atoms with Gasteiger partial charge < -0.3 is 0 Å². The summed E-state index contributed by atoms with van der Waals surface area (Å²) >= 11 is 1.36. The second-order valence-electron chi connectivity index (χ2n) is 1.79. The van der Waals surface area contributed by atoms with Crippen LogP contribution in [-0.2, 0) is 0 Å². The summed E-state index contributed by atoms with van der Waals surface area (Å²) in [6.07, 6.45) is 0. The van der Waals surface area contributed by atoms with Gasteiger partial charge in [0.25, 0.3) is 0 Å². The molecular weight excluding hydrogens is 293 g/mol. The van der Waals surface area contributed by atoms with Crippen LogP contribution in [0.2, 0.25) is 0 Å². The average molecular weight is 300 g/mol. The summed E-state index contributed by atoms with van der Waals surface area (Å²) in [5.74, 6) is 0. The maximum absolute atomic E-state index is 2.17. The van der Waals surface area contributed by atoms with Gasteiger partial charge in [-0.05, 0) is 0 Å². The molecule has 0 heterocycles. The molecule has 0 saturated carbocycles. The Morgan fingerprint density at radius 1 is 1.25 bits per heavy atom. The van der Waals surface area contributed by atoms with Crippen LogP contribution in [0.1, 0.15) is 5.56 Å². The molecular formula is C7H7Bi. The van der Waals surface area contributed by atoms with E-state index in [0.29, 0.717) is 0 Å². The Labute approximate surface area is 64.8 Å². The van der Waals surface area contributed by atoms with Gasteiger partial charge in [-0.1, -0.05) is 0 Å². The van der Waals surface area contributed by atoms with Gasteiger partial charge in [-0.25, -0.2) is 0 Å². The van der Waals surface area contributed by atoms with Crippen LogP contribution < -0.4 is 3.27 Å².